The minimum atomic E-state index is -0.980. The first-order chi connectivity index (χ1) is 9.52. The summed E-state index contributed by atoms with van der Waals surface area (Å²) in [4.78, 5) is 26.5. The Kier molecular flexibility index (Phi) is 4.02. The molecule has 0 aliphatic rings. The van der Waals surface area contributed by atoms with E-state index in [0.29, 0.717) is 6.54 Å². The fourth-order valence-corrected chi connectivity index (χ4v) is 2.19. The molecule has 106 valence electrons. The second kappa shape index (κ2) is 5.73. The largest absolute Gasteiger partial charge is 0.478 e. The zero-order chi connectivity index (χ0) is 14.7. The van der Waals surface area contributed by atoms with Crippen LogP contribution in [-0.4, -0.2) is 26.5 Å². The van der Waals surface area contributed by atoms with E-state index < -0.39 is 5.97 Å². The summed E-state index contributed by atoms with van der Waals surface area (Å²) in [6, 6.07) is 4.81. The number of nitrogens with zero attached hydrogens (tertiary/aromatic N) is 2. The van der Waals surface area contributed by atoms with Gasteiger partial charge in [-0.25, -0.2) is 9.78 Å². The summed E-state index contributed by atoms with van der Waals surface area (Å²) < 4.78 is 1.88. The Morgan fingerprint density at radius 3 is 2.75 bits per heavy atom. The number of nitrogens with two attached hydrogens (primary N) is 1. The van der Waals surface area contributed by atoms with E-state index in [4.69, 9.17) is 10.8 Å². The van der Waals surface area contributed by atoms with Gasteiger partial charge >= 0.3 is 5.97 Å². The molecule has 0 saturated heterocycles. The molecule has 3 N–H and O–H groups in total. The van der Waals surface area contributed by atoms with Crippen LogP contribution in [0.15, 0.2) is 18.2 Å². The van der Waals surface area contributed by atoms with Crippen molar-refractivity contribution in [2.75, 3.05) is 0 Å². The first kappa shape index (κ1) is 14.0. The maximum Gasteiger partial charge on any atom is 0.335 e. The zero-order valence-corrected chi connectivity index (χ0v) is 11.3. The van der Waals surface area contributed by atoms with Crippen LogP contribution in [0, 0.1) is 0 Å². The number of carbonyl (C=O) groups is 2. The van der Waals surface area contributed by atoms with Gasteiger partial charge in [-0.2, -0.15) is 0 Å². The van der Waals surface area contributed by atoms with Gasteiger partial charge in [-0.1, -0.05) is 6.92 Å². The van der Waals surface area contributed by atoms with E-state index in [0.717, 1.165) is 29.7 Å². The Morgan fingerprint density at radius 2 is 2.15 bits per heavy atom. The Labute approximate surface area is 116 Å². The van der Waals surface area contributed by atoms with Crippen molar-refractivity contribution in [2.45, 2.75) is 32.7 Å². The monoisotopic (exact) mass is 275 g/mol. The number of rotatable bonds is 6. The van der Waals surface area contributed by atoms with Crippen LogP contribution >= 0.6 is 0 Å². The van der Waals surface area contributed by atoms with Crippen LogP contribution < -0.4 is 5.73 Å². The molecule has 0 aliphatic heterocycles. The lowest BCUT2D eigenvalue weighted by molar-refractivity contribution is -0.118. The van der Waals surface area contributed by atoms with Gasteiger partial charge in [0.25, 0.3) is 0 Å². The highest BCUT2D eigenvalue weighted by molar-refractivity contribution is 5.92. The SMILES string of the molecule is CCCc1nc2ccc(C(=O)O)cc2n1CCC(N)=O. The number of primary amides is 1. The highest BCUT2D eigenvalue weighted by Crippen LogP contribution is 2.19. The molecule has 0 saturated carbocycles. The molecule has 1 aromatic heterocycles. The predicted octanol–water partition coefficient (Wildman–Crippen LogP) is 1.56. The summed E-state index contributed by atoms with van der Waals surface area (Å²) in [6.07, 6.45) is 1.90. The van der Waals surface area contributed by atoms with Crippen molar-refractivity contribution in [3.8, 4) is 0 Å². The minimum Gasteiger partial charge on any atom is -0.478 e. The van der Waals surface area contributed by atoms with E-state index in [1.807, 2.05) is 11.5 Å². The summed E-state index contributed by atoms with van der Waals surface area (Å²) >= 11 is 0. The van der Waals surface area contributed by atoms with Crippen molar-refractivity contribution >= 4 is 22.9 Å². The van der Waals surface area contributed by atoms with Crippen LogP contribution in [0.4, 0.5) is 0 Å². The second-order valence-electron chi connectivity index (χ2n) is 4.65. The lowest BCUT2D eigenvalue weighted by Crippen LogP contribution is -2.15. The molecule has 0 bridgehead atoms. The summed E-state index contributed by atoms with van der Waals surface area (Å²) in [5.74, 6) is -0.512. The van der Waals surface area contributed by atoms with Gasteiger partial charge in [-0.15, -0.1) is 0 Å². The van der Waals surface area contributed by atoms with Gasteiger partial charge in [-0.05, 0) is 24.6 Å². The summed E-state index contributed by atoms with van der Waals surface area (Å²) in [5, 5.41) is 9.06. The first-order valence-electron chi connectivity index (χ1n) is 6.53. The summed E-state index contributed by atoms with van der Waals surface area (Å²) in [5.41, 5.74) is 6.87. The molecular formula is C14H17N3O3. The Hall–Kier alpha value is -2.37. The van der Waals surface area contributed by atoms with Crippen molar-refractivity contribution < 1.29 is 14.7 Å². The molecule has 2 rings (SSSR count). The number of aromatic nitrogens is 2. The van der Waals surface area contributed by atoms with Crippen molar-refractivity contribution in [3.63, 3.8) is 0 Å². The van der Waals surface area contributed by atoms with Crippen molar-refractivity contribution in [3.05, 3.63) is 29.6 Å². The van der Waals surface area contributed by atoms with Gasteiger partial charge in [0.05, 0.1) is 16.6 Å². The molecule has 1 aromatic carbocycles. The predicted molar refractivity (Wildman–Crippen MR) is 74.5 cm³/mol. The van der Waals surface area contributed by atoms with Crippen LogP contribution in [-0.2, 0) is 17.8 Å². The highest BCUT2D eigenvalue weighted by atomic mass is 16.4. The highest BCUT2D eigenvalue weighted by Gasteiger charge is 2.13. The number of aryl methyl sites for hydroxylation is 2. The number of hydrogen-bond acceptors (Lipinski definition) is 3. The molecule has 0 aliphatic carbocycles. The van der Waals surface area contributed by atoms with E-state index in [1.165, 1.54) is 6.07 Å². The molecule has 20 heavy (non-hydrogen) atoms. The van der Waals surface area contributed by atoms with Gasteiger partial charge in [-0.3, -0.25) is 4.79 Å². The molecule has 1 heterocycles. The lowest BCUT2D eigenvalue weighted by Gasteiger charge is -2.07. The van der Waals surface area contributed by atoms with Gasteiger partial charge < -0.3 is 15.4 Å². The van der Waals surface area contributed by atoms with Crippen molar-refractivity contribution in [2.24, 2.45) is 5.73 Å². The number of fused-ring (bicyclic) bond motifs is 1. The maximum absolute atomic E-state index is 11.1. The number of aromatic carboxylic acids is 1. The third-order valence-electron chi connectivity index (χ3n) is 3.13. The van der Waals surface area contributed by atoms with Gasteiger partial charge in [0.15, 0.2) is 0 Å². The lowest BCUT2D eigenvalue weighted by atomic mass is 10.2. The molecule has 0 radical (unpaired) electrons. The molecule has 0 fully saturated rings. The average molecular weight is 275 g/mol. The molecule has 0 unspecified atom stereocenters. The molecule has 6 heteroatoms. The number of amides is 1. The van der Waals surface area contributed by atoms with Crippen molar-refractivity contribution in [1.82, 2.24) is 9.55 Å². The number of hydrogen-bond donors (Lipinski definition) is 2. The Bertz CT molecular complexity index is 661. The van der Waals surface area contributed by atoms with E-state index in [2.05, 4.69) is 4.98 Å². The third kappa shape index (κ3) is 2.79. The fraction of sp³-hybridized carbons (Fsp3) is 0.357. The normalized spacial score (nSPS) is 10.8. The number of carboxylic acid groups (broad SMARTS) is 1. The van der Waals surface area contributed by atoms with Crippen LogP contribution in [0.25, 0.3) is 11.0 Å². The quantitative estimate of drug-likeness (QED) is 0.835. The second-order valence-corrected chi connectivity index (χ2v) is 4.65. The average Bonchev–Trinajstić information content (AvgIpc) is 2.73. The van der Waals surface area contributed by atoms with Crippen LogP contribution in [0.2, 0.25) is 0 Å². The third-order valence-corrected chi connectivity index (χ3v) is 3.13. The fourth-order valence-electron chi connectivity index (χ4n) is 2.19. The molecule has 2 aromatic rings. The summed E-state index contributed by atoms with van der Waals surface area (Å²) in [6.45, 7) is 2.46. The Morgan fingerprint density at radius 1 is 1.40 bits per heavy atom. The van der Waals surface area contributed by atoms with E-state index in [-0.39, 0.29) is 17.9 Å². The first-order valence-corrected chi connectivity index (χ1v) is 6.53. The Balaban J connectivity index is 2.51. The van der Waals surface area contributed by atoms with Crippen LogP contribution in [0.5, 0.6) is 0 Å². The van der Waals surface area contributed by atoms with Gasteiger partial charge in [0.2, 0.25) is 5.91 Å². The molecule has 0 atom stereocenters. The zero-order valence-electron chi connectivity index (χ0n) is 11.3. The number of carboxylic acids is 1. The number of imidazole rings is 1. The van der Waals surface area contributed by atoms with Crippen LogP contribution in [0.1, 0.15) is 35.9 Å². The van der Waals surface area contributed by atoms with Crippen molar-refractivity contribution in [1.29, 1.82) is 0 Å². The van der Waals surface area contributed by atoms with Crippen LogP contribution in [0.3, 0.4) is 0 Å². The summed E-state index contributed by atoms with van der Waals surface area (Å²) in [7, 11) is 0. The number of carbonyl (C=O) groups excluding carboxylic acids is 1. The number of benzene rings is 1. The maximum atomic E-state index is 11.1. The minimum absolute atomic E-state index is 0.208. The van der Waals surface area contributed by atoms with Gasteiger partial charge in [0.1, 0.15) is 5.82 Å². The van der Waals surface area contributed by atoms with E-state index in [1.54, 1.807) is 12.1 Å². The molecule has 1 amide bonds. The van der Waals surface area contributed by atoms with Gasteiger partial charge in [0, 0.05) is 19.4 Å². The van der Waals surface area contributed by atoms with E-state index >= 15 is 0 Å². The molecular weight excluding hydrogens is 258 g/mol. The topological polar surface area (TPSA) is 98.2 Å². The van der Waals surface area contributed by atoms with E-state index in [9.17, 15) is 9.59 Å². The smallest absolute Gasteiger partial charge is 0.335 e. The standard InChI is InChI=1S/C14H17N3O3/c1-2-3-13-16-10-5-4-9(14(19)20)8-11(10)17(13)7-6-12(15)18/h4-5,8H,2-3,6-7H2,1H3,(H2,15,18)(H,19,20). The molecule has 0 spiro atoms. The molecule has 6 nitrogen and oxygen atoms in total.